The fourth-order valence-corrected chi connectivity index (χ4v) is 2.84. The average Bonchev–Trinajstić information content (AvgIpc) is 2.41. The predicted molar refractivity (Wildman–Crippen MR) is 74.9 cm³/mol. The van der Waals surface area contributed by atoms with Crippen molar-refractivity contribution < 1.29 is 5.11 Å². The summed E-state index contributed by atoms with van der Waals surface area (Å²) in [6.45, 7) is 2.22. The molecular formula is C16H19NO. The molecule has 1 aliphatic rings. The van der Waals surface area contributed by atoms with Crippen molar-refractivity contribution in [1.82, 2.24) is 5.32 Å². The second kappa shape index (κ2) is 4.99. The molecule has 3 rings (SSSR count). The first kappa shape index (κ1) is 11.5. The van der Waals surface area contributed by atoms with Gasteiger partial charge in [0.25, 0.3) is 0 Å². The van der Waals surface area contributed by atoms with Crippen molar-refractivity contribution in [3.05, 3.63) is 42.0 Å². The average molecular weight is 241 g/mol. The molecule has 1 heterocycles. The van der Waals surface area contributed by atoms with Crippen LogP contribution in [0.4, 0.5) is 0 Å². The van der Waals surface area contributed by atoms with Gasteiger partial charge in [0.2, 0.25) is 0 Å². The number of benzene rings is 2. The van der Waals surface area contributed by atoms with Gasteiger partial charge in [-0.2, -0.15) is 0 Å². The minimum absolute atomic E-state index is 0.451. The Kier molecular flexibility index (Phi) is 3.20. The fraction of sp³-hybridized carbons (Fsp3) is 0.375. The summed E-state index contributed by atoms with van der Waals surface area (Å²) < 4.78 is 0. The first-order valence-electron chi connectivity index (χ1n) is 6.74. The summed E-state index contributed by atoms with van der Waals surface area (Å²) in [6.07, 6.45) is 3.43. The molecule has 1 saturated heterocycles. The van der Waals surface area contributed by atoms with Crippen LogP contribution in [0.15, 0.2) is 36.4 Å². The van der Waals surface area contributed by atoms with Gasteiger partial charge in [0.1, 0.15) is 5.75 Å². The van der Waals surface area contributed by atoms with E-state index in [9.17, 15) is 5.11 Å². The number of rotatable bonds is 2. The van der Waals surface area contributed by atoms with Crippen molar-refractivity contribution in [3.63, 3.8) is 0 Å². The van der Waals surface area contributed by atoms with E-state index in [0.717, 1.165) is 30.5 Å². The van der Waals surface area contributed by atoms with Gasteiger partial charge >= 0.3 is 0 Å². The maximum Gasteiger partial charge on any atom is 0.119 e. The molecule has 0 saturated carbocycles. The first-order valence-corrected chi connectivity index (χ1v) is 6.74. The normalized spacial score (nSPS) is 17.1. The Bertz CT molecular complexity index is 544. The van der Waals surface area contributed by atoms with E-state index in [0.29, 0.717) is 11.7 Å². The minimum atomic E-state index is 0.451. The number of fused-ring (bicyclic) bond motifs is 1. The lowest BCUT2D eigenvalue weighted by molar-refractivity contribution is 0.366. The molecule has 0 aliphatic carbocycles. The maximum atomic E-state index is 10.1. The number of aromatic hydroxyl groups is 1. The summed E-state index contributed by atoms with van der Waals surface area (Å²) in [7, 11) is 0. The second-order valence-corrected chi connectivity index (χ2v) is 5.23. The molecule has 2 heteroatoms. The van der Waals surface area contributed by atoms with Gasteiger partial charge in [0, 0.05) is 0 Å². The predicted octanol–water partition coefficient (Wildman–Crippen LogP) is 3.09. The lowest BCUT2D eigenvalue weighted by atomic mass is 9.90. The third kappa shape index (κ3) is 2.34. The minimum Gasteiger partial charge on any atom is -0.508 e. The van der Waals surface area contributed by atoms with Gasteiger partial charge in [-0.1, -0.05) is 24.3 Å². The van der Waals surface area contributed by atoms with Crippen molar-refractivity contribution in [2.24, 2.45) is 5.92 Å². The summed E-state index contributed by atoms with van der Waals surface area (Å²) in [6, 6.07) is 12.3. The van der Waals surface area contributed by atoms with E-state index >= 15 is 0 Å². The summed E-state index contributed by atoms with van der Waals surface area (Å²) >= 11 is 0. The van der Waals surface area contributed by atoms with Crippen molar-refractivity contribution in [2.75, 3.05) is 13.1 Å². The molecule has 18 heavy (non-hydrogen) atoms. The molecule has 2 aromatic carbocycles. The quantitative estimate of drug-likeness (QED) is 0.847. The summed E-state index contributed by atoms with van der Waals surface area (Å²) in [5, 5.41) is 15.8. The van der Waals surface area contributed by atoms with E-state index in [-0.39, 0.29) is 0 Å². The Morgan fingerprint density at radius 2 is 1.72 bits per heavy atom. The number of nitrogens with one attached hydrogen (secondary N) is 1. The Labute approximate surface area is 108 Å². The molecule has 0 unspecified atom stereocenters. The van der Waals surface area contributed by atoms with E-state index < -0.39 is 0 Å². The molecule has 1 aliphatic heterocycles. The van der Waals surface area contributed by atoms with Crippen LogP contribution in [0.25, 0.3) is 10.8 Å². The number of phenolic OH excluding ortho intramolecular Hbond substituents is 1. The van der Waals surface area contributed by atoms with Crippen LogP contribution in [0.2, 0.25) is 0 Å². The maximum absolute atomic E-state index is 10.1. The van der Waals surface area contributed by atoms with Gasteiger partial charge in [0.05, 0.1) is 0 Å². The molecule has 2 aromatic rings. The van der Waals surface area contributed by atoms with Gasteiger partial charge in [-0.15, -0.1) is 0 Å². The topological polar surface area (TPSA) is 32.3 Å². The summed E-state index contributed by atoms with van der Waals surface area (Å²) in [5.74, 6) is 1.16. The van der Waals surface area contributed by atoms with Crippen molar-refractivity contribution in [1.29, 1.82) is 0 Å². The highest BCUT2D eigenvalue weighted by atomic mass is 16.3. The van der Waals surface area contributed by atoms with Crippen LogP contribution in [-0.4, -0.2) is 18.2 Å². The molecule has 1 fully saturated rings. The monoisotopic (exact) mass is 241 g/mol. The number of piperidine rings is 1. The molecule has 0 amide bonds. The zero-order chi connectivity index (χ0) is 12.4. The van der Waals surface area contributed by atoms with Crippen molar-refractivity contribution >= 4 is 10.8 Å². The highest BCUT2D eigenvalue weighted by molar-refractivity contribution is 5.84. The first-order chi connectivity index (χ1) is 8.83. The Hall–Kier alpha value is -1.54. The lowest BCUT2D eigenvalue weighted by Crippen LogP contribution is -2.28. The van der Waals surface area contributed by atoms with Crippen LogP contribution in [0.3, 0.4) is 0 Å². The van der Waals surface area contributed by atoms with Crippen LogP contribution >= 0.6 is 0 Å². The van der Waals surface area contributed by atoms with Gasteiger partial charge < -0.3 is 10.4 Å². The molecule has 94 valence electrons. The van der Waals surface area contributed by atoms with Gasteiger partial charge in [-0.3, -0.25) is 0 Å². The fourth-order valence-electron chi connectivity index (χ4n) is 2.84. The van der Waals surface area contributed by atoms with Crippen LogP contribution < -0.4 is 5.32 Å². The molecule has 2 N–H and O–H groups in total. The summed E-state index contributed by atoms with van der Waals surface area (Å²) in [5.41, 5.74) is 1.10. The standard InChI is InChI=1S/C16H19NO/c18-16-11-14-4-2-1-3-13(14)10-15(16)9-12-5-7-17-8-6-12/h1-4,10-12,17-18H,5-9H2. The molecule has 0 bridgehead atoms. The van der Waals surface area contributed by atoms with Gasteiger partial charge in [-0.25, -0.2) is 0 Å². The number of phenols is 1. The third-order valence-corrected chi connectivity index (χ3v) is 3.91. The largest absolute Gasteiger partial charge is 0.508 e. The summed E-state index contributed by atoms with van der Waals surface area (Å²) in [4.78, 5) is 0. The van der Waals surface area contributed by atoms with E-state index in [1.807, 2.05) is 24.3 Å². The number of hydrogen-bond acceptors (Lipinski definition) is 2. The van der Waals surface area contributed by atoms with Gasteiger partial charge in [-0.05, 0) is 66.7 Å². The molecule has 0 radical (unpaired) electrons. The van der Waals surface area contributed by atoms with E-state index in [4.69, 9.17) is 0 Å². The lowest BCUT2D eigenvalue weighted by Gasteiger charge is -2.23. The molecule has 0 aromatic heterocycles. The van der Waals surface area contributed by atoms with Crippen LogP contribution in [0.5, 0.6) is 5.75 Å². The smallest absolute Gasteiger partial charge is 0.119 e. The van der Waals surface area contributed by atoms with Crippen molar-refractivity contribution in [2.45, 2.75) is 19.3 Å². The zero-order valence-electron chi connectivity index (χ0n) is 10.5. The highest BCUT2D eigenvalue weighted by Gasteiger charge is 2.15. The highest BCUT2D eigenvalue weighted by Crippen LogP contribution is 2.28. The SMILES string of the molecule is Oc1cc2ccccc2cc1CC1CCNCC1. The van der Waals surface area contributed by atoms with E-state index in [1.54, 1.807) is 0 Å². The van der Waals surface area contributed by atoms with Crippen LogP contribution in [0, 0.1) is 5.92 Å². The van der Waals surface area contributed by atoms with E-state index in [1.165, 1.54) is 18.2 Å². The van der Waals surface area contributed by atoms with Crippen LogP contribution in [-0.2, 0) is 6.42 Å². The number of hydrogen-bond donors (Lipinski definition) is 2. The van der Waals surface area contributed by atoms with E-state index in [2.05, 4.69) is 17.4 Å². The molecule has 2 nitrogen and oxygen atoms in total. The molecule has 0 atom stereocenters. The second-order valence-electron chi connectivity index (χ2n) is 5.23. The van der Waals surface area contributed by atoms with Crippen LogP contribution in [0.1, 0.15) is 18.4 Å². The Morgan fingerprint density at radius 3 is 2.44 bits per heavy atom. The van der Waals surface area contributed by atoms with Gasteiger partial charge in [0.15, 0.2) is 0 Å². The van der Waals surface area contributed by atoms with Crippen molar-refractivity contribution in [3.8, 4) is 5.75 Å². The molecular weight excluding hydrogens is 222 g/mol. The molecule has 0 spiro atoms. The Morgan fingerprint density at radius 1 is 1.06 bits per heavy atom. The zero-order valence-corrected chi connectivity index (χ0v) is 10.5. The Balaban J connectivity index is 1.88. The third-order valence-electron chi connectivity index (χ3n) is 3.91.